The zero-order chi connectivity index (χ0) is 15.7. The van der Waals surface area contributed by atoms with Gasteiger partial charge in [-0.05, 0) is 32.3 Å². The summed E-state index contributed by atoms with van der Waals surface area (Å²) in [4.78, 5) is 12.2. The van der Waals surface area contributed by atoms with Crippen LogP contribution in [0, 0.1) is 11.3 Å². The molecule has 2 aliphatic heterocycles. The number of piperidine rings is 1. The normalized spacial score (nSPS) is 33.4. The van der Waals surface area contributed by atoms with E-state index in [1.807, 2.05) is 13.0 Å². The van der Waals surface area contributed by atoms with Crippen LogP contribution in [0.2, 0.25) is 0 Å². The molecule has 0 aromatic heterocycles. The van der Waals surface area contributed by atoms with E-state index < -0.39 is 0 Å². The lowest BCUT2D eigenvalue weighted by molar-refractivity contribution is -0.152. The summed E-state index contributed by atoms with van der Waals surface area (Å²) >= 11 is 0. The molecule has 2 bridgehead atoms. The Kier molecular flexibility index (Phi) is 4.09. The summed E-state index contributed by atoms with van der Waals surface area (Å²) in [6, 6.07) is 11.1. The molecule has 2 heterocycles. The Morgan fingerprint density at radius 2 is 2.09 bits per heavy atom. The molecule has 0 radical (unpaired) electrons. The van der Waals surface area contributed by atoms with Gasteiger partial charge in [0.05, 0.1) is 12.5 Å². The zero-order valence-corrected chi connectivity index (χ0v) is 13.6. The second-order valence-corrected chi connectivity index (χ2v) is 6.76. The van der Waals surface area contributed by atoms with Crippen LogP contribution in [0.5, 0.6) is 0 Å². The lowest BCUT2D eigenvalue weighted by Crippen LogP contribution is -2.62. The van der Waals surface area contributed by atoms with Gasteiger partial charge in [-0.1, -0.05) is 48.9 Å². The maximum Gasteiger partial charge on any atom is 0.310 e. The van der Waals surface area contributed by atoms with Crippen LogP contribution in [-0.2, 0) is 16.0 Å². The number of rotatable bonds is 4. The number of carbonyl (C=O) groups is 1. The van der Waals surface area contributed by atoms with Crippen molar-refractivity contribution < 1.29 is 9.53 Å². The Labute approximate surface area is 132 Å². The molecule has 0 amide bonds. The fraction of sp³-hybridized carbons (Fsp3) is 0.526. The van der Waals surface area contributed by atoms with Gasteiger partial charge in [-0.25, -0.2) is 0 Å². The summed E-state index contributed by atoms with van der Waals surface area (Å²) < 4.78 is 5.26. The van der Waals surface area contributed by atoms with Gasteiger partial charge in [0.15, 0.2) is 0 Å². The Bertz CT molecular complexity index is 580. The predicted octanol–water partition coefficient (Wildman–Crippen LogP) is 3.11. The molecule has 4 atom stereocenters. The lowest BCUT2D eigenvalue weighted by Gasteiger charge is -2.53. The highest BCUT2D eigenvalue weighted by Gasteiger charge is 2.51. The maximum absolute atomic E-state index is 12.2. The molecule has 3 nitrogen and oxygen atoms in total. The van der Waals surface area contributed by atoms with E-state index in [0.717, 1.165) is 12.8 Å². The minimum absolute atomic E-state index is 0.0159. The van der Waals surface area contributed by atoms with Crippen LogP contribution in [0.25, 0.3) is 0 Å². The highest BCUT2D eigenvalue weighted by atomic mass is 16.5. The minimum atomic E-state index is -0.0619. The number of esters is 1. The number of hydrogen-bond donors (Lipinski definition) is 1. The largest absolute Gasteiger partial charge is 0.466 e. The molecular weight excluding hydrogens is 274 g/mol. The molecule has 22 heavy (non-hydrogen) atoms. The maximum atomic E-state index is 12.2. The molecule has 1 aromatic rings. The molecule has 3 aliphatic rings. The molecule has 118 valence electrons. The Morgan fingerprint density at radius 3 is 2.77 bits per heavy atom. The van der Waals surface area contributed by atoms with Gasteiger partial charge in [0.2, 0.25) is 0 Å². The van der Waals surface area contributed by atoms with Gasteiger partial charge < -0.3 is 10.1 Å². The first kappa shape index (κ1) is 15.3. The molecule has 1 aliphatic carbocycles. The SMILES string of the molecule is CCOC(=O)C1CC2(C)C(C)=CC1NC2Cc1ccccc1. The second kappa shape index (κ2) is 5.88. The van der Waals surface area contributed by atoms with Crippen molar-refractivity contribution in [2.45, 2.75) is 45.7 Å². The van der Waals surface area contributed by atoms with Gasteiger partial charge in [0.25, 0.3) is 0 Å². The molecule has 0 spiro atoms. The van der Waals surface area contributed by atoms with Crippen molar-refractivity contribution in [3.05, 3.63) is 47.5 Å². The van der Waals surface area contributed by atoms with Gasteiger partial charge in [-0.15, -0.1) is 0 Å². The molecule has 4 rings (SSSR count). The first-order valence-electron chi connectivity index (χ1n) is 8.20. The van der Waals surface area contributed by atoms with Crippen molar-refractivity contribution in [1.29, 1.82) is 0 Å². The van der Waals surface area contributed by atoms with Crippen LogP contribution in [0.4, 0.5) is 0 Å². The van der Waals surface area contributed by atoms with E-state index in [9.17, 15) is 4.79 Å². The molecular formula is C19H25NO2. The summed E-state index contributed by atoms with van der Waals surface area (Å²) in [7, 11) is 0. The van der Waals surface area contributed by atoms with E-state index in [-0.39, 0.29) is 23.3 Å². The van der Waals surface area contributed by atoms with Crippen molar-refractivity contribution in [1.82, 2.24) is 5.32 Å². The average molecular weight is 299 g/mol. The number of benzene rings is 1. The van der Waals surface area contributed by atoms with Crippen molar-refractivity contribution in [3.63, 3.8) is 0 Å². The van der Waals surface area contributed by atoms with Gasteiger partial charge in [0.1, 0.15) is 0 Å². The van der Waals surface area contributed by atoms with Crippen molar-refractivity contribution in [3.8, 4) is 0 Å². The summed E-state index contributed by atoms with van der Waals surface area (Å²) in [6.07, 6.45) is 4.10. The van der Waals surface area contributed by atoms with Crippen molar-refractivity contribution in [2.75, 3.05) is 6.61 Å². The summed E-state index contributed by atoms with van der Waals surface area (Å²) in [5.74, 6) is -0.117. The van der Waals surface area contributed by atoms with Gasteiger partial charge in [0, 0.05) is 17.5 Å². The van der Waals surface area contributed by atoms with Crippen molar-refractivity contribution in [2.24, 2.45) is 11.3 Å². The van der Waals surface area contributed by atoms with E-state index in [1.165, 1.54) is 11.1 Å². The number of hydrogen-bond acceptors (Lipinski definition) is 3. The van der Waals surface area contributed by atoms with Crippen LogP contribution in [0.1, 0.15) is 32.8 Å². The molecule has 1 aromatic carbocycles. The topological polar surface area (TPSA) is 38.3 Å². The highest BCUT2D eigenvalue weighted by Crippen LogP contribution is 2.48. The highest BCUT2D eigenvalue weighted by molar-refractivity contribution is 5.74. The monoisotopic (exact) mass is 299 g/mol. The number of ether oxygens (including phenoxy) is 1. The third kappa shape index (κ3) is 2.58. The fourth-order valence-electron chi connectivity index (χ4n) is 3.93. The van der Waals surface area contributed by atoms with Crippen LogP contribution >= 0.6 is 0 Å². The summed E-state index contributed by atoms with van der Waals surface area (Å²) in [5.41, 5.74) is 2.76. The van der Waals surface area contributed by atoms with Crippen LogP contribution in [0.15, 0.2) is 42.0 Å². The number of fused-ring (bicyclic) bond motifs is 2. The van der Waals surface area contributed by atoms with Crippen molar-refractivity contribution >= 4 is 5.97 Å². The first-order chi connectivity index (χ1) is 10.5. The number of carbonyl (C=O) groups excluding carboxylic acids is 1. The van der Waals surface area contributed by atoms with E-state index in [0.29, 0.717) is 12.6 Å². The molecule has 1 saturated heterocycles. The van der Waals surface area contributed by atoms with Crippen LogP contribution in [0.3, 0.4) is 0 Å². The van der Waals surface area contributed by atoms with Gasteiger partial charge in [-0.2, -0.15) is 0 Å². The molecule has 3 heteroatoms. The molecule has 4 unspecified atom stereocenters. The Hall–Kier alpha value is -1.61. The summed E-state index contributed by atoms with van der Waals surface area (Å²) in [6.45, 7) is 6.80. The third-order valence-corrected chi connectivity index (χ3v) is 5.44. The van der Waals surface area contributed by atoms with E-state index >= 15 is 0 Å². The van der Waals surface area contributed by atoms with E-state index in [2.05, 4.69) is 49.5 Å². The molecule has 0 saturated carbocycles. The average Bonchev–Trinajstić information content (AvgIpc) is 2.50. The van der Waals surface area contributed by atoms with Gasteiger partial charge in [-0.3, -0.25) is 4.79 Å². The summed E-state index contributed by atoms with van der Waals surface area (Å²) in [5, 5.41) is 3.68. The van der Waals surface area contributed by atoms with E-state index in [4.69, 9.17) is 4.74 Å². The minimum Gasteiger partial charge on any atom is -0.466 e. The predicted molar refractivity (Wildman–Crippen MR) is 87.5 cm³/mol. The lowest BCUT2D eigenvalue weighted by atomic mass is 9.60. The Balaban J connectivity index is 1.81. The Morgan fingerprint density at radius 1 is 1.36 bits per heavy atom. The fourth-order valence-corrected chi connectivity index (χ4v) is 3.93. The smallest absolute Gasteiger partial charge is 0.310 e. The second-order valence-electron chi connectivity index (χ2n) is 6.76. The first-order valence-corrected chi connectivity index (χ1v) is 8.20. The quantitative estimate of drug-likeness (QED) is 0.686. The van der Waals surface area contributed by atoms with Crippen LogP contribution in [-0.4, -0.2) is 24.7 Å². The van der Waals surface area contributed by atoms with E-state index in [1.54, 1.807) is 0 Å². The van der Waals surface area contributed by atoms with Gasteiger partial charge >= 0.3 is 5.97 Å². The standard InChI is InChI=1S/C19H25NO2/c1-4-22-18(21)15-12-19(3)13(2)10-16(15)20-17(19)11-14-8-6-5-7-9-14/h5-10,15-17,20H,4,11-12H2,1-3H3. The number of nitrogens with one attached hydrogen (secondary N) is 1. The molecule has 1 fully saturated rings. The van der Waals surface area contributed by atoms with Crippen LogP contribution < -0.4 is 5.32 Å². The third-order valence-electron chi connectivity index (χ3n) is 5.44. The zero-order valence-electron chi connectivity index (χ0n) is 13.6. The molecule has 1 N–H and O–H groups in total.